The maximum Gasteiger partial charge on any atom is 0.130 e. The SMILES string of the molecule is CCC(C)CN(C)c1cccc(NC(C)(C)C)n1. The van der Waals surface area contributed by atoms with Crippen molar-refractivity contribution in [3.63, 3.8) is 0 Å². The van der Waals surface area contributed by atoms with Crippen molar-refractivity contribution in [1.29, 1.82) is 0 Å². The molecule has 0 aliphatic rings. The van der Waals surface area contributed by atoms with E-state index in [4.69, 9.17) is 0 Å². The summed E-state index contributed by atoms with van der Waals surface area (Å²) in [4.78, 5) is 6.88. The Balaban J connectivity index is 2.75. The average molecular weight is 249 g/mol. The fourth-order valence-electron chi connectivity index (χ4n) is 1.78. The van der Waals surface area contributed by atoms with E-state index in [0.717, 1.165) is 18.2 Å². The lowest BCUT2D eigenvalue weighted by Gasteiger charge is -2.25. The van der Waals surface area contributed by atoms with Crippen LogP contribution < -0.4 is 10.2 Å². The average Bonchev–Trinajstić information content (AvgIpc) is 2.26. The minimum atomic E-state index is 0.0426. The first-order valence-electron chi connectivity index (χ1n) is 6.78. The van der Waals surface area contributed by atoms with Crippen LogP contribution in [0.15, 0.2) is 18.2 Å². The molecule has 0 saturated heterocycles. The van der Waals surface area contributed by atoms with E-state index in [1.807, 2.05) is 6.07 Å². The van der Waals surface area contributed by atoms with Crippen molar-refractivity contribution in [1.82, 2.24) is 4.98 Å². The van der Waals surface area contributed by atoms with Crippen LogP contribution in [-0.4, -0.2) is 24.1 Å². The van der Waals surface area contributed by atoms with Gasteiger partial charge < -0.3 is 10.2 Å². The minimum absolute atomic E-state index is 0.0426. The zero-order chi connectivity index (χ0) is 13.8. The van der Waals surface area contributed by atoms with Crippen molar-refractivity contribution >= 4 is 11.6 Å². The summed E-state index contributed by atoms with van der Waals surface area (Å²) in [6, 6.07) is 6.14. The van der Waals surface area contributed by atoms with E-state index in [9.17, 15) is 0 Å². The second kappa shape index (κ2) is 6.07. The van der Waals surface area contributed by atoms with Gasteiger partial charge in [-0.1, -0.05) is 26.3 Å². The predicted molar refractivity (Wildman–Crippen MR) is 80.3 cm³/mol. The second-order valence-electron chi connectivity index (χ2n) is 6.15. The van der Waals surface area contributed by atoms with Gasteiger partial charge in [0, 0.05) is 19.1 Å². The van der Waals surface area contributed by atoms with E-state index in [1.54, 1.807) is 0 Å². The molecule has 102 valence electrons. The number of anilines is 2. The van der Waals surface area contributed by atoms with Gasteiger partial charge in [-0.15, -0.1) is 0 Å². The molecule has 1 heterocycles. The Morgan fingerprint density at radius 3 is 2.56 bits per heavy atom. The van der Waals surface area contributed by atoms with Crippen molar-refractivity contribution in [2.45, 2.75) is 46.6 Å². The van der Waals surface area contributed by atoms with Crippen molar-refractivity contribution < 1.29 is 0 Å². The maximum absolute atomic E-state index is 4.66. The van der Waals surface area contributed by atoms with E-state index in [0.29, 0.717) is 5.92 Å². The molecule has 0 amide bonds. The van der Waals surface area contributed by atoms with Crippen LogP contribution in [0, 0.1) is 5.92 Å². The van der Waals surface area contributed by atoms with Gasteiger partial charge in [-0.05, 0) is 38.8 Å². The molecule has 0 radical (unpaired) electrons. The van der Waals surface area contributed by atoms with E-state index in [-0.39, 0.29) is 5.54 Å². The van der Waals surface area contributed by atoms with Gasteiger partial charge in [0.05, 0.1) is 0 Å². The first kappa shape index (κ1) is 14.8. The van der Waals surface area contributed by atoms with Crippen LogP contribution >= 0.6 is 0 Å². The first-order valence-corrected chi connectivity index (χ1v) is 6.78. The molecule has 0 aromatic carbocycles. The van der Waals surface area contributed by atoms with Gasteiger partial charge in [-0.2, -0.15) is 0 Å². The number of rotatable bonds is 5. The third-order valence-corrected chi connectivity index (χ3v) is 2.91. The van der Waals surface area contributed by atoms with E-state index >= 15 is 0 Å². The number of nitrogens with one attached hydrogen (secondary N) is 1. The summed E-state index contributed by atoms with van der Waals surface area (Å²) in [7, 11) is 2.11. The summed E-state index contributed by atoms with van der Waals surface area (Å²) in [5.74, 6) is 2.66. The maximum atomic E-state index is 4.66. The molecule has 18 heavy (non-hydrogen) atoms. The molecule has 0 aliphatic heterocycles. The Morgan fingerprint density at radius 1 is 1.33 bits per heavy atom. The molecular formula is C15H27N3. The minimum Gasteiger partial charge on any atom is -0.365 e. The van der Waals surface area contributed by atoms with E-state index in [1.165, 1.54) is 6.42 Å². The van der Waals surface area contributed by atoms with Gasteiger partial charge in [0.15, 0.2) is 0 Å². The molecule has 1 atom stereocenters. The number of hydrogen-bond acceptors (Lipinski definition) is 3. The fraction of sp³-hybridized carbons (Fsp3) is 0.667. The van der Waals surface area contributed by atoms with Crippen LogP contribution in [0.1, 0.15) is 41.0 Å². The molecule has 0 bridgehead atoms. The Kier molecular flexibility index (Phi) is 5.00. The molecular weight excluding hydrogens is 222 g/mol. The highest BCUT2D eigenvalue weighted by molar-refractivity contribution is 5.47. The molecule has 0 aliphatic carbocycles. The van der Waals surface area contributed by atoms with Crippen LogP contribution in [-0.2, 0) is 0 Å². The molecule has 0 saturated carbocycles. The predicted octanol–water partition coefficient (Wildman–Crippen LogP) is 3.77. The summed E-state index contributed by atoms with van der Waals surface area (Å²) in [6.07, 6.45) is 1.20. The van der Waals surface area contributed by atoms with Crippen LogP contribution in [0.25, 0.3) is 0 Å². The molecule has 1 unspecified atom stereocenters. The van der Waals surface area contributed by atoms with Crippen LogP contribution in [0.2, 0.25) is 0 Å². The number of aromatic nitrogens is 1. The molecule has 3 heteroatoms. The van der Waals surface area contributed by atoms with Crippen molar-refractivity contribution in [2.75, 3.05) is 23.8 Å². The largest absolute Gasteiger partial charge is 0.365 e. The normalized spacial score (nSPS) is 13.2. The summed E-state index contributed by atoms with van der Waals surface area (Å²) in [6.45, 7) is 12.0. The Bertz CT molecular complexity index is 368. The second-order valence-corrected chi connectivity index (χ2v) is 6.15. The topological polar surface area (TPSA) is 28.2 Å². The Hall–Kier alpha value is -1.25. The van der Waals surface area contributed by atoms with Gasteiger partial charge in [0.1, 0.15) is 11.6 Å². The zero-order valence-corrected chi connectivity index (χ0v) is 12.6. The summed E-state index contributed by atoms with van der Waals surface area (Å²) >= 11 is 0. The number of pyridine rings is 1. The standard InChI is InChI=1S/C15H27N3/c1-7-12(2)11-18(6)14-10-8-9-13(16-14)17-15(3,4)5/h8-10,12H,7,11H2,1-6H3,(H,16,17). The monoisotopic (exact) mass is 249 g/mol. The highest BCUT2D eigenvalue weighted by Gasteiger charge is 2.12. The molecule has 1 N–H and O–H groups in total. The highest BCUT2D eigenvalue weighted by Crippen LogP contribution is 2.17. The molecule has 0 spiro atoms. The lowest BCUT2D eigenvalue weighted by Crippen LogP contribution is -2.28. The summed E-state index contributed by atoms with van der Waals surface area (Å²) in [5.41, 5.74) is 0.0426. The van der Waals surface area contributed by atoms with Crippen molar-refractivity contribution in [3.8, 4) is 0 Å². The Labute approximate surface area is 112 Å². The van der Waals surface area contributed by atoms with Crippen molar-refractivity contribution in [2.24, 2.45) is 5.92 Å². The number of nitrogens with zero attached hydrogens (tertiary/aromatic N) is 2. The van der Waals surface area contributed by atoms with Gasteiger partial charge in [0.2, 0.25) is 0 Å². The van der Waals surface area contributed by atoms with Gasteiger partial charge >= 0.3 is 0 Å². The molecule has 1 aromatic rings. The van der Waals surface area contributed by atoms with E-state index < -0.39 is 0 Å². The van der Waals surface area contributed by atoms with E-state index in [2.05, 4.69) is 69.0 Å². The smallest absolute Gasteiger partial charge is 0.130 e. The summed E-state index contributed by atoms with van der Waals surface area (Å²) < 4.78 is 0. The fourth-order valence-corrected chi connectivity index (χ4v) is 1.78. The van der Waals surface area contributed by atoms with Crippen molar-refractivity contribution in [3.05, 3.63) is 18.2 Å². The lowest BCUT2D eigenvalue weighted by atomic mass is 10.1. The van der Waals surface area contributed by atoms with Gasteiger partial charge in [-0.25, -0.2) is 4.98 Å². The highest BCUT2D eigenvalue weighted by atomic mass is 15.2. The van der Waals surface area contributed by atoms with Crippen LogP contribution in [0.3, 0.4) is 0 Å². The third-order valence-electron chi connectivity index (χ3n) is 2.91. The zero-order valence-electron chi connectivity index (χ0n) is 12.6. The lowest BCUT2D eigenvalue weighted by molar-refractivity contribution is 0.557. The van der Waals surface area contributed by atoms with Gasteiger partial charge in [-0.3, -0.25) is 0 Å². The number of hydrogen-bond donors (Lipinski definition) is 1. The van der Waals surface area contributed by atoms with Gasteiger partial charge in [0.25, 0.3) is 0 Å². The van der Waals surface area contributed by atoms with Crippen LogP contribution in [0.4, 0.5) is 11.6 Å². The third kappa shape index (κ3) is 4.94. The molecule has 0 fully saturated rings. The molecule has 3 nitrogen and oxygen atoms in total. The summed E-state index contributed by atoms with van der Waals surface area (Å²) in [5, 5.41) is 3.41. The molecule has 1 aromatic heterocycles. The quantitative estimate of drug-likeness (QED) is 0.861. The Morgan fingerprint density at radius 2 is 2.00 bits per heavy atom. The molecule has 1 rings (SSSR count). The van der Waals surface area contributed by atoms with Crippen LogP contribution in [0.5, 0.6) is 0 Å². The first-order chi connectivity index (χ1) is 8.31.